The van der Waals surface area contributed by atoms with Crippen molar-refractivity contribution >= 4 is 11.7 Å². The number of primary amides is 1. The van der Waals surface area contributed by atoms with E-state index in [1.807, 2.05) is 4.90 Å². The number of likely N-dealkylation sites (tertiary alicyclic amines) is 1. The largest absolute Gasteiger partial charge is 0.381 e. The zero-order valence-corrected chi connectivity index (χ0v) is 18.6. The molecule has 3 atom stereocenters. The third kappa shape index (κ3) is 4.61. The van der Waals surface area contributed by atoms with Crippen LogP contribution in [0.5, 0.6) is 0 Å². The molecule has 3 aliphatic rings. The van der Waals surface area contributed by atoms with Gasteiger partial charge in [0.1, 0.15) is 17.2 Å². The number of hydrogen-bond acceptors (Lipinski definition) is 6. The molecule has 2 saturated heterocycles. The van der Waals surface area contributed by atoms with E-state index in [1.165, 1.54) is 6.07 Å². The summed E-state index contributed by atoms with van der Waals surface area (Å²) in [5.41, 5.74) is 3.25. The number of ether oxygens (including phenoxy) is 1. The molecule has 1 unspecified atom stereocenters. The van der Waals surface area contributed by atoms with Crippen LogP contribution in [0, 0.1) is 35.2 Å². The fourth-order valence-electron chi connectivity index (χ4n) is 5.38. The summed E-state index contributed by atoms with van der Waals surface area (Å²) in [5, 5.41) is 11.3. The highest BCUT2D eigenvalue weighted by molar-refractivity contribution is 5.94. The molecule has 0 bridgehead atoms. The van der Waals surface area contributed by atoms with Crippen LogP contribution < -0.4 is 11.1 Å². The number of benzene rings is 1. The number of nitrogens with zero attached hydrogens (tertiary/aromatic N) is 3. The second-order valence-electron chi connectivity index (χ2n) is 9.33. The van der Waals surface area contributed by atoms with Gasteiger partial charge in [-0.15, -0.1) is 10.2 Å². The van der Waals surface area contributed by atoms with Gasteiger partial charge in [-0.05, 0) is 61.6 Å². The summed E-state index contributed by atoms with van der Waals surface area (Å²) < 4.78 is 65.4. The normalized spacial score (nSPS) is 26.7. The molecule has 1 aromatic heterocycles. The van der Waals surface area contributed by atoms with Crippen molar-refractivity contribution in [2.45, 2.75) is 31.7 Å². The number of carbonyl (C=O) groups is 1. The molecule has 0 radical (unpaired) electrons. The van der Waals surface area contributed by atoms with Gasteiger partial charge in [-0.25, -0.2) is 13.2 Å². The zero-order chi connectivity index (χ0) is 25.6. The van der Waals surface area contributed by atoms with Crippen molar-refractivity contribution in [1.29, 1.82) is 0 Å². The molecule has 1 aliphatic carbocycles. The second-order valence-corrected chi connectivity index (χ2v) is 9.33. The highest BCUT2D eigenvalue weighted by Crippen LogP contribution is 2.39. The number of fused-ring (bicyclic) bond motifs is 1. The fourth-order valence-corrected chi connectivity index (χ4v) is 5.38. The molecule has 5 rings (SSSR count). The second kappa shape index (κ2) is 9.50. The van der Waals surface area contributed by atoms with E-state index in [-0.39, 0.29) is 17.7 Å². The van der Waals surface area contributed by atoms with Gasteiger partial charge in [0.25, 0.3) is 5.91 Å². The Morgan fingerprint density at radius 2 is 1.85 bits per heavy atom. The summed E-state index contributed by atoms with van der Waals surface area (Å²) in [5.74, 6) is -4.54. The van der Waals surface area contributed by atoms with Crippen LogP contribution in [0.4, 0.5) is 19.0 Å². The highest BCUT2D eigenvalue weighted by atomic mass is 19.2. The first kappa shape index (κ1) is 20.6. The summed E-state index contributed by atoms with van der Waals surface area (Å²) in [7, 11) is 0. The fraction of sp³-hybridized carbons (Fsp3) is 0.542. The average Bonchev–Trinajstić information content (AvgIpc) is 3.42. The van der Waals surface area contributed by atoms with Crippen LogP contribution in [0.15, 0.2) is 18.2 Å². The number of amides is 1. The predicted octanol–water partition coefficient (Wildman–Crippen LogP) is 3.21. The first-order valence-corrected chi connectivity index (χ1v) is 11.6. The third-order valence-corrected chi connectivity index (χ3v) is 7.03. The quantitative estimate of drug-likeness (QED) is 0.621. The van der Waals surface area contributed by atoms with Gasteiger partial charge in [0.05, 0.1) is 5.69 Å². The van der Waals surface area contributed by atoms with E-state index < -0.39 is 41.0 Å². The molecule has 3 heterocycles. The molecule has 3 fully saturated rings. The molecule has 1 amide bonds. The lowest BCUT2D eigenvalue weighted by Gasteiger charge is -2.27. The number of nitrogens with one attached hydrogen (secondary N) is 1. The summed E-state index contributed by atoms with van der Waals surface area (Å²) in [6.45, 7) is 1.34. The first-order valence-electron chi connectivity index (χ1n) is 12.6. The van der Waals surface area contributed by atoms with Crippen LogP contribution >= 0.6 is 0 Å². The van der Waals surface area contributed by atoms with Crippen LogP contribution in [-0.2, 0) is 4.74 Å². The van der Waals surface area contributed by atoms with Gasteiger partial charge < -0.3 is 20.7 Å². The van der Waals surface area contributed by atoms with Crippen LogP contribution in [0.3, 0.4) is 0 Å². The molecule has 34 heavy (non-hydrogen) atoms. The van der Waals surface area contributed by atoms with Crippen LogP contribution in [0.1, 0.15) is 38.8 Å². The third-order valence-electron chi connectivity index (χ3n) is 7.03. The lowest BCUT2D eigenvalue weighted by molar-refractivity contribution is 0.0545. The molecule has 2 aromatic rings. The van der Waals surface area contributed by atoms with Gasteiger partial charge in [-0.3, -0.25) is 4.79 Å². The van der Waals surface area contributed by atoms with E-state index >= 15 is 0 Å². The average molecular weight is 478 g/mol. The number of rotatable bonds is 6. The minimum Gasteiger partial charge on any atom is -0.381 e. The van der Waals surface area contributed by atoms with Crippen LogP contribution in [0.25, 0.3) is 11.3 Å². The molecule has 182 valence electrons. The minimum atomic E-state index is -1.66. The van der Waals surface area contributed by atoms with Crippen molar-refractivity contribution in [3.05, 3.63) is 41.2 Å². The van der Waals surface area contributed by atoms with Gasteiger partial charge in [-0.2, -0.15) is 0 Å². The van der Waals surface area contributed by atoms with Crippen molar-refractivity contribution in [2.24, 2.45) is 23.5 Å². The molecule has 3 N–H and O–H groups in total. The Kier molecular flexibility index (Phi) is 5.76. The van der Waals surface area contributed by atoms with Crippen LogP contribution in [0.2, 0.25) is 0 Å². The Morgan fingerprint density at radius 3 is 2.47 bits per heavy atom. The maximum atomic E-state index is 14.4. The number of hydrogen-bond donors (Lipinski definition) is 2. The lowest BCUT2D eigenvalue weighted by atomic mass is 10.00. The monoisotopic (exact) mass is 477 g/mol. The van der Waals surface area contributed by atoms with E-state index in [9.17, 15) is 18.0 Å². The number of carbonyl (C=O) groups excluding carboxylic acids is 1. The van der Waals surface area contributed by atoms with E-state index in [0.717, 1.165) is 38.8 Å². The number of aromatic nitrogens is 2. The molecule has 1 saturated carbocycles. The van der Waals surface area contributed by atoms with E-state index in [1.54, 1.807) is 6.07 Å². The summed E-state index contributed by atoms with van der Waals surface area (Å²) in [4.78, 5) is 13.2. The Hall–Kier alpha value is -2.72. The summed E-state index contributed by atoms with van der Waals surface area (Å²) in [6, 6.07) is 3.77. The Labute approximate surface area is 198 Å². The molecule has 7 nitrogen and oxygen atoms in total. The maximum Gasteiger partial charge on any atom is 0.254 e. The first-order chi connectivity index (χ1) is 17.1. The van der Waals surface area contributed by atoms with Gasteiger partial charge >= 0.3 is 0 Å². The van der Waals surface area contributed by atoms with Crippen molar-refractivity contribution in [3.8, 4) is 11.3 Å². The topological polar surface area (TPSA) is 93.4 Å². The standard InChI is InChI=1S/C24H28F3N5O2/c25-18-9-17(22(26)23(27)21(18)24(28)33)19-1-2-20(31-30-19)29-16-7-14-11-32(12-15(14)8-16)10-13-3-5-34-6-4-13/h1-2,9,13-16H,3-8,10-12H2,(H2,28,33)(H,29,31)/t14-,15+,16?/i10D2. The molecule has 0 spiro atoms. The smallest absolute Gasteiger partial charge is 0.254 e. The number of halogens is 3. The highest BCUT2D eigenvalue weighted by Gasteiger charge is 2.41. The number of nitrogens with two attached hydrogens (primary N) is 1. The van der Waals surface area contributed by atoms with Crippen molar-refractivity contribution in [1.82, 2.24) is 15.1 Å². The van der Waals surface area contributed by atoms with E-state index in [2.05, 4.69) is 15.5 Å². The molecular weight excluding hydrogens is 447 g/mol. The van der Waals surface area contributed by atoms with Crippen molar-refractivity contribution < 1.29 is 25.4 Å². The Balaban J connectivity index is 1.21. The van der Waals surface area contributed by atoms with Gasteiger partial charge in [0.2, 0.25) is 0 Å². The molecule has 2 aliphatic heterocycles. The van der Waals surface area contributed by atoms with Crippen LogP contribution in [-0.4, -0.2) is 59.8 Å². The summed E-state index contributed by atoms with van der Waals surface area (Å²) >= 11 is 0. The predicted molar refractivity (Wildman–Crippen MR) is 119 cm³/mol. The van der Waals surface area contributed by atoms with Gasteiger partial charge in [0.15, 0.2) is 11.6 Å². The van der Waals surface area contributed by atoms with E-state index in [0.29, 0.717) is 36.9 Å². The zero-order valence-electron chi connectivity index (χ0n) is 20.6. The minimum absolute atomic E-state index is 0.00780. The van der Waals surface area contributed by atoms with Gasteiger partial charge in [0, 0.05) is 47.1 Å². The Bertz CT molecular complexity index is 1130. The lowest BCUT2D eigenvalue weighted by Crippen LogP contribution is -2.32. The SMILES string of the molecule is [2H]C([2H])(C1CCOCC1)N1C[C@H]2CC(Nc3ccc(-c4cc(F)c(C(N)=O)c(F)c4F)nn3)C[C@H]2C1. The Morgan fingerprint density at radius 1 is 1.15 bits per heavy atom. The van der Waals surface area contributed by atoms with Crippen molar-refractivity contribution in [2.75, 3.05) is 38.1 Å². The summed E-state index contributed by atoms with van der Waals surface area (Å²) in [6.07, 6.45) is 3.23. The number of anilines is 1. The van der Waals surface area contributed by atoms with Gasteiger partial charge in [-0.1, -0.05) is 0 Å². The molecule has 1 aromatic carbocycles. The molecule has 10 heteroatoms. The van der Waals surface area contributed by atoms with Crippen molar-refractivity contribution in [3.63, 3.8) is 0 Å². The van der Waals surface area contributed by atoms with E-state index in [4.69, 9.17) is 13.2 Å². The maximum absolute atomic E-state index is 14.4. The molecular formula is C24H28F3N5O2.